The fourth-order valence-electron chi connectivity index (χ4n) is 3.73. The number of nitrogens with one attached hydrogen (secondary N) is 1. The van der Waals surface area contributed by atoms with Crippen molar-refractivity contribution in [2.75, 3.05) is 26.7 Å². The number of esters is 1. The molecular formula is C17H30N2O4. The number of rotatable bonds is 5. The van der Waals surface area contributed by atoms with E-state index in [1.807, 2.05) is 20.8 Å². The molecule has 1 aliphatic carbocycles. The second kappa shape index (κ2) is 7.51. The lowest BCUT2D eigenvalue weighted by Crippen LogP contribution is -2.53. The Balaban J connectivity index is 1.78. The lowest BCUT2D eigenvalue weighted by Gasteiger charge is -2.38. The van der Waals surface area contributed by atoms with Crippen molar-refractivity contribution >= 4 is 12.1 Å². The molecule has 2 fully saturated rings. The first-order valence-electron chi connectivity index (χ1n) is 8.57. The number of ether oxygens (including phenoxy) is 2. The van der Waals surface area contributed by atoms with Crippen LogP contribution in [0.4, 0.5) is 4.79 Å². The quantitative estimate of drug-likeness (QED) is 0.784. The van der Waals surface area contributed by atoms with Gasteiger partial charge in [-0.15, -0.1) is 0 Å². The summed E-state index contributed by atoms with van der Waals surface area (Å²) in [5.41, 5.74) is -0.461. The predicted molar refractivity (Wildman–Crippen MR) is 87.1 cm³/mol. The number of fused-ring (bicyclic) bond motifs is 2. The highest BCUT2D eigenvalue weighted by atomic mass is 16.6. The van der Waals surface area contributed by atoms with Crippen LogP contribution in [0.3, 0.4) is 0 Å². The first-order chi connectivity index (χ1) is 10.8. The van der Waals surface area contributed by atoms with Crippen molar-refractivity contribution in [1.82, 2.24) is 10.2 Å². The maximum absolute atomic E-state index is 12.0. The van der Waals surface area contributed by atoms with Crippen LogP contribution in [0.2, 0.25) is 0 Å². The average molecular weight is 326 g/mol. The van der Waals surface area contributed by atoms with E-state index in [0.717, 1.165) is 38.9 Å². The maximum Gasteiger partial charge on any atom is 0.407 e. The van der Waals surface area contributed by atoms with Crippen molar-refractivity contribution < 1.29 is 19.1 Å². The average Bonchev–Trinajstić information content (AvgIpc) is 2.68. The Labute approximate surface area is 138 Å². The Morgan fingerprint density at radius 2 is 1.78 bits per heavy atom. The number of carbonyl (C=O) groups excluding carboxylic acids is 2. The SMILES string of the molecule is COC(=O)CCCN1CC2CCC(C1)C2NC(=O)OC(C)(C)C. The van der Waals surface area contributed by atoms with Crippen LogP contribution in [0.1, 0.15) is 46.5 Å². The van der Waals surface area contributed by atoms with Crippen LogP contribution in [-0.4, -0.2) is 55.3 Å². The van der Waals surface area contributed by atoms with Gasteiger partial charge in [-0.25, -0.2) is 4.79 Å². The Hall–Kier alpha value is -1.30. The van der Waals surface area contributed by atoms with Gasteiger partial charge in [0.2, 0.25) is 0 Å². The summed E-state index contributed by atoms with van der Waals surface area (Å²) in [6, 6.07) is 0.224. The number of amides is 1. The molecule has 1 saturated heterocycles. The summed E-state index contributed by atoms with van der Waals surface area (Å²) in [4.78, 5) is 25.6. The fraction of sp³-hybridized carbons (Fsp3) is 0.882. The van der Waals surface area contributed by atoms with Gasteiger partial charge >= 0.3 is 12.1 Å². The van der Waals surface area contributed by atoms with Gasteiger partial charge in [0, 0.05) is 25.6 Å². The molecule has 1 aliphatic heterocycles. The van der Waals surface area contributed by atoms with E-state index in [4.69, 9.17) is 4.74 Å². The Bertz CT molecular complexity index is 419. The van der Waals surface area contributed by atoms with Crippen LogP contribution >= 0.6 is 0 Å². The second-order valence-corrected chi connectivity index (χ2v) is 7.71. The number of carbonyl (C=O) groups is 2. The number of methoxy groups -OCH3 is 1. The molecule has 132 valence electrons. The van der Waals surface area contributed by atoms with E-state index in [-0.39, 0.29) is 18.1 Å². The molecule has 2 unspecified atom stereocenters. The molecule has 2 bridgehead atoms. The zero-order valence-corrected chi connectivity index (χ0v) is 14.8. The molecule has 0 aromatic rings. The third-order valence-corrected chi connectivity index (χ3v) is 4.68. The van der Waals surface area contributed by atoms with E-state index in [0.29, 0.717) is 18.3 Å². The van der Waals surface area contributed by atoms with Crippen molar-refractivity contribution in [2.24, 2.45) is 11.8 Å². The van der Waals surface area contributed by atoms with Gasteiger partial charge in [-0.2, -0.15) is 0 Å². The van der Waals surface area contributed by atoms with Crippen LogP contribution in [-0.2, 0) is 14.3 Å². The van der Waals surface area contributed by atoms with Crippen molar-refractivity contribution in [1.29, 1.82) is 0 Å². The Morgan fingerprint density at radius 3 is 2.30 bits per heavy atom. The van der Waals surface area contributed by atoms with Crippen LogP contribution in [0.25, 0.3) is 0 Å². The second-order valence-electron chi connectivity index (χ2n) is 7.71. The van der Waals surface area contributed by atoms with Crippen molar-refractivity contribution in [3.05, 3.63) is 0 Å². The number of piperidine rings is 1. The Morgan fingerprint density at radius 1 is 1.17 bits per heavy atom. The minimum atomic E-state index is -0.461. The van der Waals surface area contributed by atoms with Crippen LogP contribution in [0, 0.1) is 11.8 Å². The van der Waals surface area contributed by atoms with Crippen LogP contribution < -0.4 is 5.32 Å². The highest BCUT2D eigenvalue weighted by Gasteiger charge is 2.43. The summed E-state index contributed by atoms with van der Waals surface area (Å²) < 4.78 is 10.1. The molecule has 0 spiro atoms. The predicted octanol–water partition coefficient (Wildman–Crippen LogP) is 2.17. The van der Waals surface area contributed by atoms with Gasteiger partial charge in [0.1, 0.15) is 5.60 Å². The minimum absolute atomic E-state index is 0.144. The van der Waals surface area contributed by atoms with E-state index in [9.17, 15) is 9.59 Å². The van der Waals surface area contributed by atoms with E-state index >= 15 is 0 Å². The standard InChI is InChI=1S/C17H30N2O4/c1-17(2,3)23-16(21)18-15-12-7-8-13(15)11-19(10-12)9-5-6-14(20)22-4/h12-13,15H,5-11H2,1-4H3,(H,18,21). The molecule has 1 saturated carbocycles. The number of nitrogens with zero attached hydrogens (tertiary/aromatic N) is 1. The fourth-order valence-corrected chi connectivity index (χ4v) is 3.73. The first kappa shape index (κ1) is 18.0. The summed E-state index contributed by atoms with van der Waals surface area (Å²) >= 11 is 0. The van der Waals surface area contributed by atoms with E-state index in [2.05, 4.69) is 15.0 Å². The molecule has 1 heterocycles. The normalized spacial score (nSPS) is 27.6. The van der Waals surface area contributed by atoms with Gasteiger partial charge in [0.05, 0.1) is 7.11 Å². The lowest BCUT2D eigenvalue weighted by atomic mass is 9.92. The van der Waals surface area contributed by atoms with E-state index in [1.54, 1.807) is 0 Å². The molecule has 23 heavy (non-hydrogen) atoms. The van der Waals surface area contributed by atoms with E-state index < -0.39 is 5.60 Å². The van der Waals surface area contributed by atoms with E-state index in [1.165, 1.54) is 7.11 Å². The van der Waals surface area contributed by atoms with Crippen molar-refractivity contribution in [3.63, 3.8) is 0 Å². The van der Waals surface area contributed by atoms with Gasteiger partial charge < -0.3 is 19.7 Å². The largest absolute Gasteiger partial charge is 0.469 e. The van der Waals surface area contributed by atoms with Crippen LogP contribution in [0.5, 0.6) is 0 Å². The number of hydrogen-bond acceptors (Lipinski definition) is 5. The zero-order valence-electron chi connectivity index (χ0n) is 14.8. The van der Waals surface area contributed by atoms with Gasteiger partial charge in [-0.3, -0.25) is 4.79 Å². The van der Waals surface area contributed by atoms with Crippen molar-refractivity contribution in [3.8, 4) is 0 Å². The van der Waals surface area contributed by atoms with Gasteiger partial charge in [-0.05, 0) is 58.4 Å². The molecule has 6 nitrogen and oxygen atoms in total. The Kier molecular flexibility index (Phi) is 5.89. The van der Waals surface area contributed by atoms with Gasteiger partial charge in [0.15, 0.2) is 0 Å². The third-order valence-electron chi connectivity index (χ3n) is 4.68. The number of likely N-dealkylation sites (tertiary alicyclic amines) is 1. The number of alkyl carbamates (subject to hydrolysis) is 1. The minimum Gasteiger partial charge on any atom is -0.469 e. The molecule has 6 heteroatoms. The third kappa shape index (κ3) is 5.37. The molecule has 0 radical (unpaired) electrons. The summed E-state index contributed by atoms with van der Waals surface area (Å²) in [7, 11) is 1.43. The van der Waals surface area contributed by atoms with Gasteiger partial charge in [-0.1, -0.05) is 0 Å². The highest BCUT2D eigenvalue weighted by molar-refractivity contribution is 5.69. The maximum atomic E-state index is 12.0. The summed E-state index contributed by atoms with van der Waals surface area (Å²) in [5, 5.41) is 3.08. The summed E-state index contributed by atoms with van der Waals surface area (Å²) in [6.07, 6.45) is 3.30. The molecule has 2 atom stereocenters. The smallest absolute Gasteiger partial charge is 0.407 e. The molecule has 1 N–H and O–H groups in total. The van der Waals surface area contributed by atoms with Gasteiger partial charge in [0.25, 0.3) is 0 Å². The topological polar surface area (TPSA) is 67.9 Å². The summed E-state index contributed by atoms with van der Waals surface area (Å²) in [6.45, 7) is 8.53. The zero-order chi connectivity index (χ0) is 17.0. The first-order valence-corrected chi connectivity index (χ1v) is 8.57. The molecular weight excluding hydrogens is 296 g/mol. The monoisotopic (exact) mass is 326 g/mol. The number of hydrogen-bond donors (Lipinski definition) is 1. The molecule has 1 amide bonds. The van der Waals surface area contributed by atoms with Crippen molar-refractivity contribution in [2.45, 2.75) is 58.1 Å². The molecule has 0 aromatic carbocycles. The molecule has 2 aliphatic rings. The molecule has 0 aromatic heterocycles. The van der Waals surface area contributed by atoms with Crippen LogP contribution in [0.15, 0.2) is 0 Å². The molecule has 2 rings (SSSR count). The summed E-state index contributed by atoms with van der Waals surface area (Å²) in [5.74, 6) is 0.827. The highest BCUT2D eigenvalue weighted by Crippen LogP contribution is 2.37. The lowest BCUT2D eigenvalue weighted by molar-refractivity contribution is -0.140.